The molecule has 132 valence electrons. The molecule has 2 amide bonds. The van der Waals surface area contributed by atoms with E-state index in [4.69, 9.17) is 0 Å². The first kappa shape index (κ1) is 18.6. The van der Waals surface area contributed by atoms with Crippen molar-refractivity contribution in [3.05, 3.63) is 59.4 Å². The lowest BCUT2D eigenvalue weighted by Gasteiger charge is -2.15. The van der Waals surface area contributed by atoms with E-state index in [1.54, 1.807) is 19.2 Å². The van der Waals surface area contributed by atoms with Gasteiger partial charge in [-0.15, -0.1) is 0 Å². The summed E-state index contributed by atoms with van der Waals surface area (Å²) in [6.45, 7) is 4.13. The SMILES string of the molecule is Cc1cccc(NC(=O)C[NH+](C)CC(=O)Nc2ccccc2F)c1C. The second-order valence-corrected chi connectivity index (χ2v) is 6.13. The molecule has 2 aromatic rings. The minimum absolute atomic E-state index is 0.0640. The van der Waals surface area contributed by atoms with Crippen molar-refractivity contribution in [3.8, 4) is 0 Å². The zero-order valence-electron chi connectivity index (χ0n) is 14.7. The first-order valence-electron chi connectivity index (χ1n) is 8.08. The van der Waals surface area contributed by atoms with E-state index < -0.39 is 5.82 Å². The fourth-order valence-corrected chi connectivity index (χ4v) is 2.45. The predicted octanol–water partition coefficient (Wildman–Crippen LogP) is 1.53. The molecule has 25 heavy (non-hydrogen) atoms. The smallest absolute Gasteiger partial charge is 0.279 e. The number of carbonyl (C=O) groups is 2. The summed E-state index contributed by atoms with van der Waals surface area (Å²) in [7, 11) is 1.74. The number of para-hydroxylation sites is 1. The van der Waals surface area contributed by atoms with Gasteiger partial charge in [-0.2, -0.15) is 0 Å². The van der Waals surface area contributed by atoms with Crippen molar-refractivity contribution >= 4 is 23.2 Å². The fraction of sp³-hybridized carbons (Fsp3) is 0.263. The summed E-state index contributed by atoms with van der Waals surface area (Å²) in [5.41, 5.74) is 3.03. The molecule has 0 fully saturated rings. The summed E-state index contributed by atoms with van der Waals surface area (Å²) < 4.78 is 13.5. The van der Waals surface area contributed by atoms with Crippen molar-refractivity contribution in [1.29, 1.82) is 0 Å². The summed E-state index contributed by atoms with van der Waals surface area (Å²) in [5, 5.41) is 5.38. The first-order chi connectivity index (χ1) is 11.9. The lowest BCUT2D eigenvalue weighted by atomic mass is 10.1. The van der Waals surface area contributed by atoms with Crippen molar-refractivity contribution < 1.29 is 18.9 Å². The number of nitrogens with one attached hydrogen (secondary N) is 3. The average molecular weight is 344 g/mol. The van der Waals surface area contributed by atoms with E-state index in [1.807, 2.05) is 32.0 Å². The summed E-state index contributed by atoms with van der Waals surface area (Å²) in [5.74, 6) is -1.01. The molecule has 0 aliphatic heterocycles. The maximum Gasteiger partial charge on any atom is 0.279 e. The number of hydrogen-bond acceptors (Lipinski definition) is 2. The van der Waals surface area contributed by atoms with Crippen LogP contribution in [0.1, 0.15) is 11.1 Å². The third-order valence-corrected chi connectivity index (χ3v) is 3.95. The predicted molar refractivity (Wildman–Crippen MR) is 96.2 cm³/mol. The minimum Gasteiger partial charge on any atom is -0.322 e. The number of hydrogen-bond donors (Lipinski definition) is 3. The lowest BCUT2D eigenvalue weighted by molar-refractivity contribution is -0.862. The molecular formula is C19H23FN3O2+. The molecule has 0 saturated heterocycles. The standard InChI is InChI=1S/C19H22FN3O2/c1-13-7-6-10-16(14(13)2)21-18(24)11-23(3)12-19(25)22-17-9-5-4-8-15(17)20/h4-10H,11-12H2,1-3H3,(H,21,24)(H,22,25)/p+1. The molecule has 2 aromatic carbocycles. The van der Waals surface area contributed by atoms with E-state index in [9.17, 15) is 14.0 Å². The summed E-state index contributed by atoms with van der Waals surface area (Å²) in [6.07, 6.45) is 0. The quantitative estimate of drug-likeness (QED) is 0.744. The number of aryl methyl sites for hydroxylation is 1. The monoisotopic (exact) mass is 344 g/mol. The molecule has 1 unspecified atom stereocenters. The number of amides is 2. The van der Waals surface area contributed by atoms with Crippen LogP contribution < -0.4 is 15.5 Å². The van der Waals surface area contributed by atoms with Crippen LogP contribution in [0.2, 0.25) is 0 Å². The van der Waals surface area contributed by atoms with E-state index in [2.05, 4.69) is 10.6 Å². The van der Waals surface area contributed by atoms with Crippen molar-refractivity contribution in [2.24, 2.45) is 0 Å². The molecule has 0 bridgehead atoms. The zero-order chi connectivity index (χ0) is 18.4. The molecule has 0 aliphatic carbocycles. The van der Waals surface area contributed by atoms with Gasteiger partial charge < -0.3 is 15.5 Å². The van der Waals surface area contributed by atoms with Crippen LogP contribution in [0.3, 0.4) is 0 Å². The van der Waals surface area contributed by atoms with E-state index in [0.717, 1.165) is 16.8 Å². The van der Waals surface area contributed by atoms with Crippen molar-refractivity contribution in [2.45, 2.75) is 13.8 Å². The third kappa shape index (κ3) is 5.39. The Bertz CT molecular complexity index is 777. The highest BCUT2D eigenvalue weighted by molar-refractivity contribution is 5.93. The van der Waals surface area contributed by atoms with Gasteiger partial charge in [-0.3, -0.25) is 9.59 Å². The van der Waals surface area contributed by atoms with Gasteiger partial charge in [-0.05, 0) is 43.2 Å². The van der Waals surface area contributed by atoms with Gasteiger partial charge in [0.1, 0.15) is 5.82 Å². The van der Waals surface area contributed by atoms with Gasteiger partial charge in [-0.1, -0.05) is 24.3 Å². The summed E-state index contributed by atoms with van der Waals surface area (Å²) in [6, 6.07) is 11.7. The zero-order valence-corrected chi connectivity index (χ0v) is 14.7. The Morgan fingerprint density at radius 1 is 0.920 bits per heavy atom. The van der Waals surface area contributed by atoms with Crippen molar-refractivity contribution in [2.75, 3.05) is 30.8 Å². The number of anilines is 2. The molecule has 0 spiro atoms. The number of carbonyl (C=O) groups excluding carboxylic acids is 2. The Morgan fingerprint density at radius 2 is 1.48 bits per heavy atom. The van der Waals surface area contributed by atoms with Gasteiger partial charge in [0.05, 0.1) is 12.7 Å². The molecule has 0 aromatic heterocycles. The average Bonchev–Trinajstić information content (AvgIpc) is 2.53. The van der Waals surface area contributed by atoms with Crippen LogP contribution in [0.4, 0.5) is 15.8 Å². The second-order valence-electron chi connectivity index (χ2n) is 6.13. The molecular weight excluding hydrogens is 321 g/mol. The number of benzene rings is 2. The fourth-order valence-electron chi connectivity index (χ4n) is 2.45. The van der Waals surface area contributed by atoms with Gasteiger partial charge in [0.2, 0.25) is 0 Å². The molecule has 0 saturated carbocycles. The van der Waals surface area contributed by atoms with Crippen LogP contribution in [-0.2, 0) is 9.59 Å². The normalized spacial score (nSPS) is 11.7. The Morgan fingerprint density at radius 3 is 2.12 bits per heavy atom. The minimum atomic E-state index is -0.485. The van der Waals surface area contributed by atoms with E-state index in [-0.39, 0.29) is 30.6 Å². The molecule has 0 radical (unpaired) electrons. The van der Waals surface area contributed by atoms with Crippen LogP contribution in [0, 0.1) is 19.7 Å². The molecule has 6 heteroatoms. The number of quaternary nitrogens is 1. The van der Waals surface area contributed by atoms with Gasteiger partial charge in [0.25, 0.3) is 11.8 Å². The molecule has 3 N–H and O–H groups in total. The van der Waals surface area contributed by atoms with Crippen molar-refractivity contribution in [3.63, 3.8) is 0 Å². The summed E-state index contributed by atoms with van der Waals surface area (Å²) >= 11 is 0. The third-order valence-electron chi connectivity index (χ3n) is 3.95. The molecule has 0 aliphatic rings. The van der Waals surface area contributed by atoms with Gasteiger partial charge in [0.15, 0.2) is 13.1 Å². The van der Waals surface area contributed by atoms with Gasteiger partial charge in [0, 0.05) is 5.69 Å². The summed E-state index contributed by atoms with van der Waals surface area (Å²) in [4.78, 5) is 24.8. The van der Waals surface area contributed by atoms with Gasteiger partial charge in [-0.25, -0.2) is 4.39 Å². The number of likely N-dealkylation sites (N-methyl/N-ethyl adjacent to an activating group) is 1. The highest BCUT2D eigenvalue weighted by Crippen LogP contribution is 2.17. The Hall–Kier alpha value is -2.73. The maximum atomic E-state index is 13.5. The van der Waals surface area contributed by atoms with E-state index >= 15 is 0 Å². The van der Waals surface area contributed by atoms with Gasteiger partial charge >= 0.3 is 0 Å². The van der Waals surface area contributed by atoms with Crippen LogP contribution >= 0.6 is 0 Å². The topological polar surface area (TPSA) is 62.6 Å². The largest absolute Gasteiger partial charge is 0.322 e. The number of rotatable bonds is 6. The molecule has 2 rings (SSSR count). The molecule has 0 heterocycles. The van der Waals surface area contributed by atoms with E-state index in [1.165, 1.54) is 12.1 Å². The Kier molecular flexibility index (Phi) is 6.25. The first-order valence-corrected chi connectivity index (χ1v) is 8.08. The number of halogens is 1. The van der Waals surface area contributed by atoms with Crippen LogP contribution in [0.25, 0.3) is 0 Å². The Labute approximate surface area is 146 Å². The lowest BCUT2D eigenvalue weighted by Crippen LogP contribution is -3.11. The second kappa shape index (κ2) is 8.39. The molecule has 5 nitrogen and oxygen atoms in total. The highest BCUT2D eigenvalue weighted by atomic mass is 19.1. The highest BCUT2D eigenvalue weighted by Gasteiger charge is 2.16. The van der Waals surface area contributed by atoms with Crippen LogP contribution in [0.5, 0.6) is 0 Å². The van der Waals surface area contributed by atoms with Crippen LogP contribution in [-0.4, -0.2) is 32.0 Å². The van der Waals surface area contributed by atoms with Crippen molar-refractivity contribution in [1.82, 2.24) is 0 Å². The Balaban J connectivity index is 1.86. The molecule has 1 atom stereocenters. The van der Waals surface area contributed by atoms with Crippen LogP contribution in [0.15, 0.2) is 42.5 Å². The maximum absolute atomic E-state index is 13.5. The van der Waals surface area contributed by atoms with E-state index in [0.29, 0.717) is 4.90 Å².